The number of rotatable bonds is 17. The lowest BCUT2D eigenvalue weighted by Gasteiger charge is -2.19. The summed E-state index contributed by atoms with van der Waals surface area (Å²) >= 11 is 0. The lowest BCUT2D eigenvalue weighted by molar-refractivity contribution is 0.299. The Bertz CT molecular complexity index is 1130. The van der Waals surface area contributed by atoms with Gasteiger partial charge in [0.2, 0.25) is 5.89 Å². The summed E-state index contributed by atoms with van der Waals surface area (Å²) in [6.07, 6.45) is 6.25. The first-order valence-electron chi connectivity index (χ1n) is 15.1. The Morgan fingerprint density at radius 2 is 1.69 bits per heavy atom. The van der Waals surface area contributed by atoms with Crippen LogP contribution < -0.4 is 14.8 Å². The van der Waals surface area contributed by atoms with Gasteiger partial charge in [0.1, 0.15) is 17.3 Å². The van der Waals surface area contributed by atoms with Gasteiger partial charge in [-0.05, 0) is 86.1 Å². The van der Waals surface area contributed by atoms with Crippen molar-refractivity contribution in [1.29, 1.82) is 0 Å². The molecule has 214 valence electrons. The van der Waals surface area contributed by atoms with Crippen LogP contribution in [0.2, 0.25) is 0 Å². The van der Waals surface area contributed by atoms with E-state index in [2.05, 4.69) is 90.2 Å². The second-order valence-corrected chi connectivity index (χ2v) is 10.9. The molecule has 0 aliphatic carbocycles. The van der Waals surface area contributed by atoms with Gasteiger partial charge in [-0.3, -0.25) is 0 Å². The maximum Gasteiger partial charge on any atom is 0.226 e. The fraction of sp³-hybridized carbons (Fsp3) is 0.559. The zero-order valence-electron chi connectivity index (χ0n) is 25.4. The lowest BCUT2D eigenvalue weighted by Crippen LogP contribution is -2.15. The van der Waals surface area contributed by atoms with Crippen LogP contribution in [0.15, 0.2) is 40.8 Å². The lowest BCUT2D eigenvalue weighted by atomic mass is 9.93. The number of aromatic nitrogens is 1. The molecule has 0 saturated carbocycles. The van der Waals surface area contributed by atoms with Crippen molar-refractivity contribution in [2.24, 2.45) is 0 Å². The quantitative estimate of drug-likeness (QED) is 0.176. The summed E-state index contributed by atoms with van der Waals surface area (Å²) in [6.45, 7) is 18.6. The smallest absolute Gasteiger partial charge is 0.226 e. The molecule has 5 heteroatoms. The van der Waals surface area contributed by atoms with E-state index in [0.29, 0.717) is 24.8 Å². The van der Waals surface area contributed by atoms with Gasteiger partial charge in [0.05, 0.1) is 18.9 Å². The molecule has 2 aromatic carbocycles. The molecule has 5 nitrogen and oxygen atoms in total. The first-order valence-corrected chi connectivity index (χ1v) is 15.1. The van der Waals surface area contributed by atoms with Gasteiger partial charge in [-0.2, -0.15) is 0 Å². The van der Waals surface area contributed by atoms with Crippen molar-refractivity contribution in [2.45, 2.75) is 98.8 Å². The third-order valence-corrected chi connectivity index (χ3v) is 7.31. The number of ether oxygens (including phenoxy) is 2. The predicted octanol–water partition coefficient (Wildman–Crippen LogP) is 8.63. The van der Waals surface area contributed by atoms with E-state index in [1.54, 1.807) is 0 Å². The number of oxazole rings is 1. The van der Waals surface area contributed by atoms with Gasteiger partial charge in [0, 0.05) is 17.9 Å². The minimum absolute atomic E-state index is 0.244. The van der Waals surface area contributed by atoms with Crippen molar-refractivity contribution in [2.75, 3.05) is 26.3 Å². The van der Waals surface area contributed by atoms with E-state index < -0.39 is 0 Å². The Morgan fingerprint density at radius 1 is 0.923 bits per heavy atom. The number of benzene rings is 2. The van der Waals surface area contributed by atoms with Gasteiger partial charge in [-0.25, -0.2) is 4.98 Å². The fourth-order valence-corrected chi connectivity index (χ4v) is 4.78. The highest BCUT2D eigenvalue weighted by molar-refractivity contribution is 5.61. The third kappa shape index (κ3) is 8.86. The van der Waals surface area contributed by atoms with Crippen molar-refractivity contribution in [1.82, 2.24) is 10.3 Å². The van der Waals surface area contributed by atoms with Crippen LogP contribution in [0.5, 0.6) is 11.5 Å². The molecule has 0 fully saturated rings. The first-order chi connectivity index (χ1) is 18.9. The Labute approximate surface area is 236 Å². The van der Waals surface area contributed by atoms with Crippen molar-refractivity contribution < 1.29 is 13.9 Å². The van der Waals surface area contributed by atoms with Crippen LogP contribution >= 0.6 is 0 Å². The fourth-order valence-electron chi connectivity index (χ4n) is 4.78. The topological polar surface area (TPSA) is 56.5 Å². The maximum atomic E-state index is 6.39. The normalized spacial score (nSPS) is 12.2. The molecule has 0 radical (unpaired) electrons. The van der Waals surface area contributed by atoms with Crippen LogP contribution in [0.4, 0.5) is 0 Å². The summed E-state index contributed by atoms with van der Waals surface area (Å²) in [4.78, 5) is 4.98. The molecule has 39 heavy (non-hydrogen) atoms. The van der Waals surface area contributed by atoms with Gasteiger partial charge < -0.3 is 19.2 Å². The molecule has 0 spiro atoms. The minimum atomic E-state index is 0.244. The predicted molar refractivity (Wildman–Crippen MR) is 162 cm³/mol. The number of likely N-dealkylation sites (N-methyl/N-ethyl adjacent to an activating group) is 1. The summed E-state index contributed by atoms with van der Waals surface area (Å²) in [5.74, 6) is 4.18. The van der Waals surface area contributed by atoms with E-state index >= 15 is 0 Å². The molecule has 1 aromatic heterocycles. The van der Waals surface area contributed by atoms with Crippen molar-refractivity contribution in [3.8, 4) is 23.0 Å². The maximum absolute atomic E-state index is 6.39. The second kappa shape index (κ2) is 15.7. The molecule has 1 N–H and O–H groups in total. The van der Waals surface area contributed by atoms with Crippen LogP contribution in [0.1, 0.15) is 107 Å². The molecule has 1 atom stereocenters. The van der Waals surface area contributed by atoms with Gasteiger partial charge in [-0.15, -0.1) is 0 Å². The van der Waals surface area contributed by atoms with Crippen molar-refractivity contribution in [3.63, 3.8) is 0 Å². The zero-order chi connectivity index (χ0) is 28.2. The van der Waals surface area contributed by atoms with Gasteiger partial charge in [0.15, 0.2) is 0 Å². The average Bonchev–Trinajstić information content (AvgIpc) is 3.36. The van der Waals surface area contributed by atoms with E-state index in [9.17, 15) is 0 Å². The Hall–Kier alpha value is -2.79. The van der Waals surface area contributed by atoms with Crippen molar-refractivity contribution in [3.05, 3.63) is 64.5 Å². The Balaban J connectivity index is 1.75. The highest BCUT2D eigenvalue weighted by atomic mass is 16.5. The van der Waals surface area contributed by atoms with Gasteiger partial charge in [-0.1, -0.05) is 66.5 Å². The van der Waals surface area contributed by atoms with Crippen molar-refractivity contribution >= 4 is 0 Å². The molecule has 1 heterocycles. The van der Waals surface area contributed by atoms with E-state index in [0.717, 1.165) is 73.0 Å². The summed E-state index contributed by atoms with van der Waals surface area (Å²) in [5.41, 5.74) is 5.70. The second-order valence-electron chi connectivity index (χ2n) is 10.9. The molecule has 0 amide bonds. The Morgan fingerprint density at radius 3 is 2.36 bits per heavy atom. The molecule has 0 saturated heterocycles. The summed E-state index contributed by atoms with van der Waals surface area (Å²) < 4.78 is 18.8. The third-order valence-electron chi connectivity index (χ3n) is 7.31. The van der Waals surface area contributed by atoms with Crippen LogP contribution in [-0.2, 0) is 12.8 Å². The van der Waals surface area contributed by atoms with E-state index in [4.69, 9.17) is 18.9 Å². The largest absolute Gasteiger partial charge is 0.493 e. The molecule has 3 rings (SSSR count). The van der Waals surface area contributed by atoms with Gasteiger partial charge in [0.25, 0.3) is 0 Å². The SMILES string of the molecule is CCCCCOc1c(C)cc(-c2nc(CCOc3ccc(CCNCC)cc3)c(C(C)C)o2)cc1C(C)CC. The summed E-state index contributed by atoms with van der Waals surface area (Å²) in [7, 11) is 0. The summed E-state index contributed by atoms with van der Waals surface area (Å²) in [5, 5.41) is 3.37. The molecular weight excluding hydrogens is 484 g/mol. The number of hydrogen-bond acceptors (Lipinski definition) is 5. The number of unbranched alkanes of at least 4 members (excludes halogenated alkanes) is 2. The minimum Gasteiger partial charge on any atom is -0.493 e. The number of aryl methyl sites for hydroxylation is 1. The number of nitrogens with zero attached hydrogens (tertiary/aromatic N) is 1. The van der Waals surface area contributed by atoms with E-state index in [1.165, 1.54) is 24.0 Å². The van der Waals surface area contributed by atoms with E-state index in [-0.39, 0.29) is 5.92 Å². The molecule has 0 aliphatic rings. The average molecular weight is 535 g/mol. The molecular formula is C34H50N2O3. The number of hydrogen-bond donors (Lipinski definition) is 1. The molecule has 0 aliphatic heterocycles. The summed E-state index contributed by atoms with van der Waals surface area (Å²) in [6, 6.07) is 12.8. The van der Waals surface area contributed by atoms with E-state index in [1.807, 2.05) is 0 Å². The highest BCUT2D eigenvalue weighted by Crippen LogP contribution is 2.37. The highest BCUT2D eigenvalue weighted by Gasteiger charge is 2.21. The van der Waals surface area contributed by atoms with Gasteiger partial charge >= 0.3 is 0 Å². The number of nitrogens with one attached hydrogen (secondary N) is 1. The monoisotopic (exact) mass is 534 g/mol. The standard InChI is InChI=1S/C34H50N2O3/c1-8-11-12-20-38-33-26(7)22-28(23-30(33)25(6)9-2)34-36-31(32(39-34)24(4)5)18-21-37-29-15-13-27(14-16-29)17-19-35-10-3/h13-16,22-25,35H,8-12,17-21H2,1-7H3. The zero-order valence-corrected chi connectivity index (χ0v) is 25.4. The Kier molecular flexibility index (Phi) is 12.4. The first kappa shape index (κ1) is 30.7. The van der Waals surface area contributed by atoms with Crippen LogP contribution in [0, 0.1) is 6.92 Å². The van der Waals surface area contributed by atoms with Crippen LogP contribution in [-0.4, -0.2) is 31.3 Å². The molecule has 3 aromatic rings. The van der Waals surface area contributed by atoms with Crippen LogP contribution in [0.3, 0.4) is 0 Å². The molecule has 0 bridgehead atoms. The molecule has 1 unspecified atom stereocenters. The van der Waals surface area contributed by atoms with Crippen LogP contribution in [0.25, 0.3) is 11.5 Å².